The Morgan fingerprint density at radius 3 is 1.11 bits per heavy atom. The van der Waals surface area contributed by atoms with Gasteiger partial charge in [-0.1, -0.05) is 249 Å². The molecule has 0 saturated carbocycles. The van der Waals surface area contributed by atoms with Crippen molar-refractivity contribution in [1.82, 2.24) is 42.8 Å². The van der Waals surface area contributed by atoms with Crippen LogP contribution in [0.1, 0.15) is 0 Å². The lowest BCUT2D eigenvalue weighted by Gasteiger charge is -2.16. The van der Waals surface area contributed by atoms with E-state index in [1.807, 2.05) is 11.3 Å². The molecule has 25 aromatic rings. The number of aromatic nitrogens is 9. The third-order valence-electron chi connectivity index (χ3n) is 23.6. The Labute approximate surface area is 642 Å². The maximum absolute atomic E-state index is 5.89. The lowest BCUT2D eigenvalue weighted by molar-refractivity contribution is 1.08. The van der Waals surface area contributed by atoms with Crippen LogP contribution in [0.4, 0.5) is 0 Å². The summed E-state index contributed by atoms with van der Waals surface area (Å²) in [6.07, 6.45) is 0. The van der Waals surface area contributed by atoms with Gasteiger partial charge in [0.1, 0.15) is 11.6 Å². The first-order chi connectivity index (χ1) is 55.6. The summed E-state index contributed by atoms with van der Waals surface area (Å²) in [5, 5.41) is 20.5. The molecule has 0 unspecified atom stereocenters. The molecule has 112 heavy (non-hydrogen) atoms. The van der Waals surface area contributed by atoms with E-state index < -0.39 is 0 Å². The minimum atomic E-state index is 0.648. The highest BCUT2D eigenvalue weighted by molar-refractivity contribution is 7.26. The Morgan fingerprint density at radius 1 is 0.205 bits per heavy atom. The largest absolute Gasteiger partial charge is 0.309 e. The van der Waals surface area contributed by atoms with Crippen molar-refractivity contribution in [3.05, 3.63) is 358 Å². The van der Waals surface area contributed by atoms with Crippen molar-refractivity contribution in [3.63, 3.8) is 0 Å². The number of nitrogens with zero attached hydrogens (tertiary/aromatic N) is 9. The van der Waals surface area contributed by atoms with E-state index in [1.54, 1.807) is 0 Å². The Kier molecular flexibility index (Phi) is 12.8. The van der Waals surface area contributed by atoms with Crippen LogP contribution in [0.25, 0.3) is 235 Å². The zero-order valence-corrected chi connectivity index (χ0v) is 60.8. The van der Waals surface area contributed by atoms with E-state index in [0.29, 0.717) is 11.6 Å². The molecule has 0 spiro atoms. The van der Waals surface area contributed by atoms with Crippen molar-refractivity contribution in [2.24, 2.45) is 0 Å². The second-order valence-corrected chi connectivity index (χ2v) is 30.5. The first-order valence-electron chi connectivity index (χ1n) is 38.1. The summed E-state index contributed by atoms with van der Waals surface area (Å²) in [6, 6.07) is 131. The van der Waals surface area contributed by atoms with Crippen LogP contribution in [-0.2, 0) is 0 Å². The van der Waals surface area contributed by atoms with Crippen molar-refractivity contribution in [3.8, 4) is 62.6 Å². The van der Waals surface area contributed by atoms with Crippen LogP contribution in [-0.4, -0.2) is 42.8 Å². The van der Waals surface area contributed by atoms with Gasteiger partial charge in [-0.3, -0.25) is 9.13 Å². The van der Waals surface area contributed by atoms with E-state index in [9.17, 15) is 0 Å². The SMILES string of the molecule is c1cc(-c2cccc3c2c2ccccc2n3-c2c3ccccc3cc3c2c2ccccc2n3-c2nc(-c3cccc4sc5ccccc5c34)nc3ccccc23)cc(-n2c3ccccc3c3c(-c4nc(-n5c6ccccc6c6c(-n7c8ccccc8c8ccccc87)c7ccccc7cc65)c5ccccc5n4)cccc32)c1. The van der Waals surface area contributed by atoms with Gasteiger partial charge in [0.05, 0.1) is 77.6 Å². The zero-order valence-electron chi connectivity index (χ0n) is 60.0. The summed E-state index contributed by atoms with van der Waals surface area (Å²) in [7, 11) is 0. The molecule has 8 aromatic heterocycles. The third kappa shape index (κ3) is 8.55. The van der Waals surface area contributed by atoms with E-state index in [1.165, 1.54) is 47.1 Å². The van der Waals surface area contributed by atoms with E-state index in [-0.39, 0.29) is 0 Å². The van der Waals surface area contributed by atoms with Crippen LogP contribution < -0.4 is 0 Å². The van der Waals surface area contributed by atoms with E-state index in [2.05, 4.69) is 381 Å². The fourth-order valence-corrected chi connectivity index (χ4v) is 20.2. The van der Waals surface area contributed by atoms with Crippen molar-refractivity contribution in [2.75, 3.05) is 0 Å². The number of hydrogen-bond donors (Lipinski definition) is 0. The second kappa shape index (κ2) is 23.3. The molecule has 17 aromatic carbocycles. The lowest BCUT2D eigenvalue weighted by atomic mass is 9.99. The quantitative estimate of drug-likeness (QED) is 0.152. The van der Waals surface area contributed by atoms with E-state index in [4.69, 9.17) is 19.9 Å². The van der Waals surface area contributed by atoms with Crippen LogP contribution >= 0.6 is 11.3 Å². The number of rotatable bonds is 8. The number of thiophene rings is 1. The normalized spacial score (nSPS) is 12.3. The van der Waals surface area contributed by atoms with Gasteiger partial charge in [-0.05, 0) is 131 Å². The summed E-state index contributed by atoms with van der Waals surface area (Å²) in [4.78, 5) is 22.6. The first kappa shape index (κ1) is 61.2. The molecule has 0 amide bonds. The van der Waals surface area contributed by atoms with Gasteiger partial charge in [0.25, 0.3) is 0 Å². The molecule has 25 rings (SSSR count). The smallest absolute Gasteiger partial charge is 0.162 e. The van der Waals surface area contributed by atoms with Crippen LogP contribution in [0.2, 0.25) is 0 Å². The Hall–Kier alpha value is -14.8. The highest BCUT2D eigenvalue weighted by atomic mass is 32.1. The molecule has 9 nitrogen and oxygen atoms in total. The van der Waals surface area contributed by atoms with E-state index in [0.717, 1.165) is 176 Å². The monoisotopic (exact) mass is 1440 g/mol. The Balaban J connectivity index is 0.675. The van der Waals surface area contributed by atoms with Crippen molar-refractivity contribution in [1.29, 1.82) is 0 Å². The molecular weight excluding hydrogens is 1380 g/mol. The molecule has 0 atom stereocenters. The van der Waals surface area contributed by atoms with E-state index >= 15 is 0 Å². The summed E-state index contributed by atoms with van der Waals surface area (Å²) >= 11 is 1.81. The molecule has 0 fully saturated rings. The molecule has 0 radical (unpaired) electrons. The van der Waals surface area contributed by atoms with Crippen LogP contribution in [0.3, 0.4) is 0 Å². The van der Waals surface area contributed by atoms with Crippen LogP contribution in [0, 0.1) is 0 Å². The topological polar surface area (TPSA) is 76.2 Å². The van der Waals surface area contributed by atoms with Crippen LogP contribution in [0.15, 0.2) is 358 Å². The predicted octanol–water partition coefficient (Wildman–Crippen LogP) is 26.7. The van der Waals surface area contributed by atoms with Gasteiger partial charge in [-0.25, -0.2) is 19.9 Å². The third-order valence-corrected chi connectivity index (χ3v) is 24.8. The molecule has 8 heterocycles. The lowest BCUT2D eigenvalue weighted by Crippen LogP contribution is -2.03. The van der Waals surface area contributed by atoms with Crippen molar-refractivity contribution in [2.45, 2.75) is 0 Å². The predicted molar refractivity (Wildman–Crippen MR) is 469 cm³/mol. The van der Waals surface area contributed by atoms with Gasteiger partial charge in [0.2, 0.25) is 0 Å². The van der Waals surface area contributed by atoms with Crippen molar-refractivity contribution >= 4 is 184 Å². The minimum Gasteiger partial charge on any atom is -0.309 e. The average Bonchev–Trinajstić information content (AvgIpc) is 1.54. The van der Waals surface area contributed by atoms with Gasteiger partial charge in [-0.15, -0.1) is 11.3 Å². The van der Waals surface area contributed by atoms with Crippen molar-refractivity contribution < 1.29 is 0 Å². The molecule has 518 valence electrons. The molecule has 0 bridgehead atoms. The summed E-state index contributed by atoms with van der Waals surface area (Å²) in [6.45, 7) is 0. The molecule has 0 aliphatic heterocycles. The van der Waals surface area contributed by atoms with Crippen LogP contribution in [0.5, 0.6) is 0 Å². The Bertz CT molecular complexity index is 8380. The number of para-hydroxylation sites is 8. The maximum atomic E-state index is 5.89. The second-order valence-electron chi connectivity index (χ2n) is 29.5. The highest BCUT2D eigenvalue weighted by Gasteiger charge is 2.29. The van der Waals surface area contributed by atoms with Gasteiger partial charge < -0.3 is 13.7 Å². The molecule has 0 aliphatic carbocycles. The average molecular weight is 1440 g/mol. The summed E-state index contributed by atoms with van der Waals surface area (Å²) in [5.41, 5.74) is 20.2. The fourth-order valence-electron chi connectivity index (χ4n) is 19.1. The number of fused-ring (bicyclic) bond motifs is 22. The molecule has 10 heteroatoms. The summed E-state index contributed by atoms with van der Waals surface area (Å²) < 4.78 is 14.8. The van der Waals surface area contributed by atoms with Gasteiger partial charge in [-0.2, -0.15) is 0 Å². The molecular formula is C102H59N9S. The Morgan fingerprint density at radius 2 is 0.562 bits per heavy atom. The highest BCUT2D eigenvalue weighted by Crippen LogP contribution is 2.50. The zero-order chi connectivity index (χ0) is 73.0. The number of hydrogen-bond acceptors (Lipinski definition) is 5. The van der Waals surface area contributed by atoms with Gasteiger partial charge in [0.15, 0.2) is 11.6 Å². The molecule has 0 aliphatic rings. The maximum Gasteiger partial charge on any atom is 0.162 e. The standard InChI is InChI=1S/C102H59N9S/c1-3-31-65-61(27-1)58-88-95(97(65)108-80-47-16-7-33-67(80)68-34-8-17-48-81(68)108)73-39-11-20-51-84(73)110(88)101-69-35-5-14-45-78(69)103-99(105-101)76-43-25-53-86-93(76)71-37-9-18-49-82(71)107(86)63-30-23-29-60(57-63)64-42-24-54-87-92(64)72-38-10-19-50-83(72)109(87)98-66-32-4-2-28-62(66)59-89-96(98)74-40-12-21-52-85(74)111(89)102-70-36-6-15-46-79(70)104-100(106-102)77-44-26-56-91-94(77)75-41-13-22-55-90(75)112-91/h1-59H. The fraction of sp³-hybridized carbons (Fsp3) is 0. The molecule has 0 saturated heterocycles. The van der Waals surface area contributed by atoms with Gasteiger partial charge in [0, 0.05) is 112 Å². The summed E-state index contributed by atoms with van der Waals surface area (Å²) in [5.74, 6) is 2.99. The van der Waals surface area contributed by atoms with Gasteiger partial charge >= 0.3 is 0 Å². The minimum absolute atomic E-state index is 0.648. The first-order valence-corrected chi connectivity index (χ1v) is 38.9. The molecule has 0 N–H and O–H groups in total. The number of benzene rings is 17.